The monoisotopic (exact) mass is 455 g/mol. The third-order valence-electron chi connectivity index (χ3n) is 7.54. The zero-order chi connectivity index (χ0) is 23.4. The first-order chi connectivity index (χ1) is 14.8. The predicted octanol–water partition coefficient (Wildman–Crippen LogP) is 4.43. The van der Waals surface area contributed by atoms with Gasteiger partial charge in [-0.25, -0.2) is 0 Å². The molecule has 1 aromatic carbocycles. The van der Waals surface area contributed by atoms with Crippen LogP contribution in [0.3, 0.4) is 0 Å². The molecule has 0 aromatic heterocycles. The van der Waals surface area contributed by atoms with Crippen molar-refractivity contribution in [1.29, 1.82) is 0 Å². The van der Waals surface area contributed by atoms with Gasteiger partial charge in [-0.1, -0.05) is 6.07 Å². The maximum Gasteiger partial charge on any atom is 0.416 e. The second kappa shape index (κ2) is 7.99. The number of hydrogen-bond donors (Lipinski definition) is 1. The van der Waals surface area contributed by atoms with Crippen LogP contribution in [0, 0.1) is 5.41 Å². The van der Waals surface area contributed by atoms with Gasteiger partial charge in [-0.15, -0.1) is 0 Å². The van der Waals surface area contributed by atoms with Gasteiger partial charge in [0.1, 0.15) is 0 Å². The number of alkyl halides is 3. The number of benzene rings is 1. The third-order valence-corrected chi connectivity index (χ3v) is 7.54. The maximum absolute atomic E-state index is 13.0. The summed E-state index contributed by atoms with van der Waals surface area (Å²) in [5, 5.41) is 10.3. The summed E-state index contributed by atoms with van der Waals surface area (Å²) in [7, 11) is 0. The van der Waals surface area contributed by atoms with E-state index in [-0.39, 0.29) is 29.1 Å². The molecule has 1 amide bonds. The third kappa shape index (κ3) is 4.54. The predicted molar refractivity (Wildman–Crippen MR) is 112 cm³/mol. The second-order valence-electron chi connectivity index (χ2n) is 10.5. The SMILES string of the molecule is CC(C)(O)[C@@H]1CC[C@](C)([C@H]2CC3(CCN(C(=O)c4cccc(C(F)(F)F)c4)CC3)CO2)O1. The normalized spacial score (nSPS) is 30.8. The van der Waals surface area contributed by atoms with Crippen LogP contribution in [0.1, 0.15) is 68.8 Å². The fourth-order valence-corrected chi connectivity index (χ4v) is 5.32. The quantitative estimate of drug-likeness (QED) is 0.733. The van der Waals surface area contributed by atoms with Crippen molar-refractivity contribution in [2.75, 3.05) is 19.7 Å². The number of piperidine rings is 1. The molecule has 5 nitrogen and oxygen atoms in total. The van der Waals surface area contributed by atoms with Gasteiger partial charge in [0.05, 0.1) is 35.6 Å². The van der Waals surface area contributed by atoms with E-state index in [9.17, 15) is 23.1 Å². The van der Waals surface area contributed by atoms with Crippen molar-refractivity contribution in [3.8, 4) is 0 Å². The van der Waals surface area contributed by atoms with Gasteiger partial charge in [-0.3, -0.25) is 4.79 Å². The number of likely N-dealkylation sites (tertiary alicyclic amines) is 1. The van der Waals surface area contributed by atoms with E-state index in [2.05, 4.69) is 6.92 Å². The molecular weight excluding hydrogens is 423 g/mol. The summed E-state index contributed by atoms with van der Waals surface area (Å²) < 4.78 is 51.4. The molecule has 1 spiro atoms. The number of amides is 1. The molecule has 8 heteroatoms. The summed E-state index contributed by atoms with van der Waals surface area (Å²) in [5.74, 6) is -0.361. The van der Waals surface area contributed by atoms with Gasteiger partial charge in [0.15, 0.2) is 0 Å². The summed E-state index contributed by atoms with van der Waals surface area (Å²) in [6, 6.07) is 4.62. The molecule has 32 heavy (non-hydrogen) atoms. The van der Waals surface area contributed by atoms with Crippen LogP contribution in [0.2, 0.25) is 0 Å². The lowest BCUT2D eigenvalue weighted by atomic mass is 9.74. The first-order valence-electron chi connectivity index (χ1n) is 11.3. The van der Waals surface area contributed by atoms with E-state index in [1.54, 1.807) is 18.7 Å². The van der Waals surface area contributed by atoms with Crippen LogP contribution in [0.5, 0.6) is 0 Å². The average molecular weight is 456 g/mol. The largest absolute Gasteiger partial charge is 0.416 e. The smallest absolute Gasteiger partial charge is 0.388 e. The zero-order valence-corrected chi connectivity index (χ0v) is 18.9. The molecular formula is C24H32F3NO4. The van der Waals surface area contributed by atoms with Crippen LogP contribution >= 0.6 is 0 Å². The molecule has 0 saturated carbocycles. The van der Waals surface area contributed by atoms with Crippen molar-refractivity contribution in [3.05, 3.63) is 35.4 Å². The van der Waals surface area contributed by atoms with E-state index in [0.29, 0.717) is 19.7 Å². The summed E-state index contributed by atoms with van der Waals surface area (Å²) in [4.78, 5) is 14.5. The van der Waals surface area contributed by atoms with Gasteiger partial charge in [0.25, 0.3) is 5.91 Å². The van der Waals surface area contributed by atoms with E-state index in [1.165, 1.54) is 12.1 Å². The highest BCUT2D eigenvalue weighted by atomic mass is 19.4. The minimum Gasteiger partial charge on any atom is -0.388 e. The lowest BCUT2D eigenvalue weighted by Crippen LogP contribution is -2.45. The van der Waals surface area contributed by atoms with Gasteiger partial charge in [0, 0.05) is 18.7 Å². The number of halogens is 3. The first kappa shape index (κ1) is 23.5. The minimum absolute atomic E-state index is 0.0472. The maximum atomic E-state index is 13.0. The number of nitrogens with zero attached hydrogens (tertiary/aromatic N) is 1. The van der Waals surface area contributed by atoms with E-state index < -0.39 is 22.9 Å². The van der Waals surface area contributed by atoms with Crippen molar-refractivity contribution in [1.82, 2.24) is 4.90 Å². The Kier molecular flexibility index (Phi) is 5.87. The molecule has 3 heterocycles. The highest BCUT2D eigenvalue weighted by Crippen LogP contribution is 2.49. The van der Waals surface area contributed by atoms with E-state index in [0.717, 1.165) is 44.2 Å². The number of ether oxygens (including phenoxy) is 2. The van der Waals surface area contributed by atoms with E-state index in [4.69, 9.17) is 9.47 Å². The van der Waals surface area contributed by atoms with Crippen molar-refractivity contribution in [2.24, 2.45) is 5.41 Å². The Hall–Kier alpha value is -1.64. The van der Waals surface area contributed by atoms with Crippen LogP contribution in [0.15, 0.2) is 24.3 Å². The summed E-state index contributed by atoms with van der Waals surface area (Å²) in [6.45, 7) is 7.16. The lowest BCUT2D eigenvalue weighted by molar-refractivity contribution is -0.155. The number of carbonyl (C=O) groups is 1. The molecule has 0 radical (unpaired) electrons. The van der Waals surface area contributed by atoms with Crippen molar-refractivity contribution < 1.29 is 32.5 Å². The summed E-state index contributed by atoms with van der Waals surface area (Å²) in [5.41, 5.74) is -2.13. The molecule has 3 aliphatic rings. The minimum atomic E-state index is -4.47. The average Bonchev–Trinajstić information content (AvgIpc) is 3.33. The molecule has 0 bridgehead atoms. The van der Waals surface area contributed by atoms with Crippen LogP contribution < -0.4 is 0 Å². The summed E-state index contributed by atoms with van der Waals surface area (Å²) in [6.07, 6.45) is -0.831. The molecule has 3 atom stereocenters. The lowest BCUT2D eigenvalue weighted by Gasteiger charge is -2.39. The van der Waals surface area contributed by atoms with Crippen molar-refractivity contribution >= 4 is 5.91 Å². The molecule has 4 rings (SSSR count). The standard InChI is InChI=1S/C24H32F3NO4/c1-21(2,30)18-7-8-22(3,32-18)19-14-23(15-31-19)9-11-28(12-10-23)20(29)16-5-4-6-17(13-16)24(25,26)27/h4-6,13,18-19,30H,7-12,14-15H2,1-3H3/t18-,19+,22+/m0/s1. The molecule has 0 aliphatic carbocycles. The molecule has 178 valence electrons. The Morgan fingerprint density at radius 1 is 1.19 bits per heavy atom. The molecule has 3 fully saturated rings. The highest BCUT2D eigenvalue weighted by molar-refractivity contribution is 5.94. The fourth-order valence-electron chi connectivity index (χ4n) is 5.32. The number of hydrogen-bond acceptors (Lipinski definition) is 4. The zero-order valence-electron chi connectivity index (χ0n) is 18.9. The van der Waals surface area contributed by atoms with Gasteiger partial charge in [-0.05, 0) is 76.5 Å². The highest BCUT2D eigenvalue weighted by Gasteiger charge is 2.53. The molecule has 3 aliphatic heterocycles. The molecule has 3 saturated heterocycles. The molecule has 0 unspecified atom stereocenters. The Labute approximate surface area is 186 Å². The summed E-state index contributed by atoms with van der Waals surface area (Å²) >= 11 is 0. The van der Waals surface area contributed by atoms with E-state index >= 15 is 0 Å². The topological polar surface area (TPSA) is 59.0 Å². The molecule has 1 N–H and O–H groups in total. The van der Waals surface area contributed by atoms with E-state index in [1.807, 2.05) is 0 Å². The second-order valence-corrected chi connectivity index (χ2v) is 10.5. The van der Waals surface area contributed by atoms with Crippen LogP contribution in [-0.2, 0) is 15.7 Å². The first-order valence-corrected chi connectivity index (χ1v) is 11.3. The Morgan fingerprint density at radius 3 is 2.47 bits per heavy atom. The Balaban J connectivity index is 1.37. The van der Waals surface area contributed by atoms with Crippen LogP contribution in [-0.4, -0.2) is 59.0 Å². The number of aliphatic hydroxyl groups is 1. The van der Waals surface area contributed by atoms with Crippen molar-refractivity contribution in [3.63, 3.8) is 0 Å². The van der Waals surface area contributed by atoms with Crippen molar-refractivity contribution in [2.45, 2.75) is 82.5 Å². The van der Waals surface area contributed by atoms with Gasteiger partial charge in [-0.2, -0.15) is 13.2 Å². The number of carbonyl (C=O) groups excluding carboxylic acids is 1. The Bertz CT molecular complexity index is 858. The Morgan fingerprint density at radius 2 is 1.88 bits per heavy atom. The molecule has 1 aromatic rings. The van der Waals surface area contributed by atoms with Crippen LogP contribution in [0.4, 0.5) is 13.2 Å². The van der Waals surface area contributed by atoms with Gasteiger partial charge in [0.2, 0.25) is 0 Å². The van der Waals surface area contributed by atoms with Gasteiger partial charge < -0.3 is 19.5 Å². The number of rotatable bonds is 3. The fraction of sp³-hybridized carbons (Fsp3) is 0.708. The van der Waals surface area contributed by atoms with Crippen LogP contribution in [0.25, 0.3) is 0 Å². The van der Waals surface area contributed by atoms with Gasteiger partial charge >= 0.3 is 6.18 Å².